The predicted octanol–water partition coefficient (Wildman–Crippen LogP) is 4.53. The highest BCUT2D eigenvalue weighted by molar-refractivity contribution is 5.89. The predicted molar refractivity (Wildman–Crippen MR) is 109 cm³/mol. The summed E-state index contributed by atoms with van der Waals surface area (Å²) in [5, 5.41) is 5.74. The molecule has 4 rings (SSSR count). The molecule has 134 valence electrons. The second-order valence-electron chi connectivity index (χ2n) is 6.19. The first-order valence-electron chi connectivity index (χ1n) is 8.92. The summed E-state index contributed by atoms with van der Waals surface area (Å²) in [6, 6.07) is 27.3. The zero-order valence-corrected chi connectivity index (χ0v) is 14.8. The summed E-state index contributed by atoms with van der Waals surface area (Å²) in [6.07, 6.45) is 0. The Balaban J connectivity index is 1.50. The summed E-state index contributed by atoms with van der Waals surface area (Å²) in [7, 11) is 0. The number of para-hydroxylation sites is 3. The molecule has 2 N–H and O–H groups in total. The number of rotatable bonds is 5. The van der Waals surface area contributed by atoms with Crippen LogP contribution in [-0.2, 0) is 6.54 Å². The van der Waals surface area contributed by atoms with Crippen molar-refractivity contribution in [3.8, 4) is 11.4 Å². The number of anilines is 1. The van der Waals surface area contributed by atoms with E-state index in [4.69, 9.17) is 4.98 Å². The Morgan fingerprint density at radius 3 is 2.30 bits per heavy atom. The zero-order valence-electron chi connectivity index (χ0n) is 14.8. The molecule has 0 spiro atoms. The lowest BCUT2D eigenvalue weighted by molar-refractivity contribution is 0.251. The quantitative estimate of drug-likeness (QED) is 0.552. The van der Waals surface area contributed by atoms with Crippen molar-refractivity contribution >= 4 is 22.8 Å². The van der Waals surface area contributed by atoms with Crippen molar-refractivity contribution in [2.75, 3.05) is 11.9 Å². The number of amides is 2. The van der Waals surface area contributed by atoms with Crippen LogP contribution in [0.4, 0.5) is 10.5 Å². The molecule has 0 saturated heterocycles. The number of carbonyl (C=O) groups excluding carboxylic acids is 1. The highest BCUT2D eigenvalue weighted by atomic mass is 16.2. The Bertz CT molecular complexity index is 1040. The number of imidazole rings is 1. The number of fused-ring (bicyclic) bond motifs is 1. The van der Waals surface area contributed by atoms with E-state index in [-0.39, 0.29) is 6.03 Å². The van der Waals surface area contributed by atoms with E-state index in [9.17, 15) is 4.79 Å². The summed E-state index contributed by atoms with van der Waals surface area (Å²) in [6.45, 7) is 1.13. The van der Waals surface area contributed by atoms with E-state index in [0.717, 1.165) is 28.1 Å². The van der Waals surface area contributed by atoms with Gasteiger partial charge in [0.1, 0.15) is 5.82 Å². The highest BCUT2D eigenvalue weighted by Crippen LogP contribution is 2.24. The monoisotopic (exact) mass is 356 g/mol. The van der Waals surface area contributed by atoms with Crippen LogP contribution in [0.25, 0.3) is 22.4 Å². The van der Waals surface area contributed by atoms with Crippen LogP contribution in [-0.4, -0.2) is 22.1 Å². The van der Waals surface area contributed by atoms with Crippen molar-refractivity contribution in [3.63, 3.8) is 0 Å². The fourth-order valence-electron chi connectivity index (χ4n) is 3.09. The lowest BCUT2D eigenvalue weighted by Crippen LogP contribution is -2.31. The van der Waals surface area contributed by atoms with Gasteiger partial charge in [0.2, 0.25) is 0 Å². The standard InChI is InChI=1S/C22H20N4O/c27-22(24-18-11-5-2-6-12-18)23-15-16-26-20-14-8-7-13-19(20)25-21(26)17-9-3-1-4-10-17/h1-14H,15-16H2,(H2,23,24,27). The Hall–Kier alpha value is -3.60. The molecule has 0 fully saturated rings. The SMILES string of the molecule is O=C(NCCn1c(-c2ccccc2)nc2ccccc21)Nc1ccccc1. The van der Waals surface area contributed by atoms with Crippen LogP contribution in [0.2, 0.25) is 0 Å². The Morgan fingerprint density at radius 1 is 0.852 bits per heavy atom. The summed E-state index contributed by atoms with van der Waals surface area (Å²) in [4.78, 5) is 16.9. The molecule has 0 aliphatic rings. The van der Waals surface area contributed by atoms with Gasteiger partial charge in [-0.05, 0) is 24.3 Å². The molecule has 4 aromatic rings. The van der Waals surface area contributed by atoms with Gasteiger partial charge in [-0.25, -0.2) is 9.78 Å². The van der Waals surface area contributed by atoms with Crippen molar-refractivity contribution in [2.24, 2.45) is 0 Å². The first-order chi connectivity index (χ1) is 13.3. The molecule has 2 amide bonds. The number of nitrogens with one attached hydrogen (secondary N) is 2. The van der Waals surface area contributed by atoms with Crippen molar-refractivity contribution in [1.82, 2.24) is 14.9 Å². The van der Waals surface area contributed by atoms with Crippen molar-refractivity contribution in [1.29, 1.82) is 0 Å². The second-order valence-corrected chi connectivity index (χ2v) is 6.19. The van der Waals surface area contributed by atoms with E-state index < -0.39 is 0 Å². The third kappa shape index (κ3) is 3.82. The van der Waals surface area contributed by atoms with Gasteiger partial charge in [0, 0.05) is 24.3 Å². The number of carbonyl (C=O) groups is 1. The molecule has 0 aliphatic heterocycles. The fourth-order valence-corrected chi connectivity index (χ4v) is 3.09. The van der Waals surface area contributed by atoms with Gasteiger partial charge >= 0.3 is 6.03 Å². The molecule has 1 aromatic heterocycles. The van der Waals surface area contributed by atoms with Gasteiger partial charge < -0.3 is 15.2 Å². The Kier molecular flexibility index (Phi) is 4.83. The number of hydrogen-bond donors (Lipinski definition) is 2. The number of urea groups is 1. The molecule has 5 heteroatoms. The molecule has 0 bridgehead atoms. The highest BCUT2D eigenvalue weighted by Gasteiger charge is 2.12. The molecule has 0 atom stereocenters. The topological polar surface area (TPSA) is 59.0 Å². The van der Waals surface area contributed by atoms with Crippen LogP contribution in [0, 0.1) is 0 Å². The Labute approximate surface area is 157 Å². The van der Waals surface area contributed by atoms with Gasteiger partial charge in [-0.3, -0.25) is 0 Å². The van der Waals surface area contributed by atoms with Crippen molar-refractivity contribution < 1.29 is 4.79 Å². The summed E-state index contributed by atoms with van der Waals surface area (Å²) in [5.74, 6) is 0.905. The van der Waals surface area contributed by atoms with Gasteiger partial charge in [-0.15, -0.1) is 0 Å². The number of nitrogens with zero attached hydrogens (tertiary/aromatic N) is 2. The van der Waals surface area contributed by atoms with Crippen LogP contribution in [0.3, 0.4) is 0 Å². The van der Waals surface area contributed by atoms with E-state index >= 15 is 0 Å². The first-order valence-corrected chi connectivity index (χ1v) is 8.92. The first kappa shape index (κ1) is 16.8. The summed E-state index contributed by atoms with van der Waals surface area (Å²) in [5.41, 5.74) is 3.84. The molecule has 0 aliphatic carbocycles. The summed E-state index contributed by atoms with van der Waals surface area (Å²) < 4.78 is 2.15. The Morgan fingerprint density at radius 2 is 1.52 bits per heavy atom. The van der Waals surface area contributed by atoms with E-state index in [0.29, 0.717) is 13.1 Å². The lowest BCUT2D eigenvalue weighted by atomic mass is 10.2. The molecule has 0 saturated carbocycles. The number of aromatic nitrogens is 2. The second kappa shape index (κ2) is 7.74. The molecular formula is C22H20N4O. The van der Waals surface area contributed by atoms with Gasteiger partial charge in [0.25, 0.3) is 0 Å². The third-order valence-corrected chi connectivity index (χ3v) is 4.34. The maximum absolute atomic E-state index is 12.1. The molecule has 0 radical (unpaired) electrons. The fraction of sp³-hybridized carbons (Fsp3) is 0.0909. The minimum atomic E-state index is -0.216. The molecule has 1 heterocycles. The minimum absolute atomic E-state index is 0.216. The largest absolute Gasteiger partial charge is 0.336 e. The average molecular weight is 356 g/mol. The smallest absolute Gasteiger partial charge is 0.319 e. The van der Waals surface area contributed by atoms with E-state index in [1.165, 1.54) is 0 Å². The van der Waals surface area contributed by atoms with Crippen LogP contribution >= 0.6 is 0 Å². The van der Waals surface area contributed by atoms with E-state index in [1.54, 1.807) is 0 Å². The van der Waals surface area contributed by atoms with Gasteiger partial charge in [0.15, 0.2) is 0 Å². The van der Waals surface area contributed by atoms with Crippen LogP contribution < -0.4 is 10.6 Å². The summed E-state index contributed by atoms with van der Waals surface area (Å²) >= 11 is 0. The van der Waals surface area contributed by atoms with Crippen LogP contribution in [0.1, 0.15) is 0 Å². The van der Waals surface area contributed by atoms with E-state index in [1.807, 2.05) is 78.9 Å². The third-order valence-electron chi connectivity index (χ3n) is 4.34. The van der Waals surface area contributed by atoms with Crippen LogP contribution in [0.5, 0.6) is 0 Å². The minimum Gasteiger partial charge on any atom is -0.336 e. The molecule has 0 unspecified atom stereocenters. The normalized spacial score (nSPS) is 10.7. The average Bonchev–Trinajstić information content (AvgIpc) is 3.08. The molecule has 27 heavy (non-hydrogen) atoms. The van der Waals surface area contributed by atoms with Gasteiger partial charge in [-0.1, -0.05) is 60.7 Å². The maximum Gasteiger partial charge on any atom is 0.319 e. The van der Waals surface area contributed by atoms with Crippen molar-refractivity contribution in [2.45, 2.75) is 6.54 Å². The van der Waals surface area contributed by atoms with Crippen LogP contribution in [0.15, 0.2) is 84.9 Å². The number of benzene rings is 3. The number of hydrogen-bond acceptors (Lipinski definition) is 2. The molecule has 5 nitrogen and oxygen atoms in total. The van der Waals surface area contributed by atoms with E-state index in [2.05, 4.69) is 21.3 Å². The lowest BCUT2D eigenvalue weighted by Gasteiger charge is -2.11. The van der Waals surface area contributed by atoms with Crippen molar-refractivity contribution in [3.05, 3.63) is 84.9 Å². The zero-order chi connectivity index (χ0) is 18.5. The molecule has 3 aromatic carbocycles. The maximum atomic E-state index is 12.1. The van der Waals surface area contributed by atoms with Gasteiger partial charge in [-0.2, -0.15) is 0 Å². The molecular weight excluding hydrogens is 336 g/mol. The van der Waals surface area contributed by atoms with Gasteiger partial charge in [0.05, 0.1) is 11.0 Å².